The average Bonchev–Trinajstić information content (AvgIpc) is 2.35. The topological polar surface area (TPSA) is 91.8 Å². The Hall–Kier alpha value is -2.11. The zero-order chi connectivity index (χ0) is 12.8. The molecule has 3 N–H and O–H groups in total. The normalized spacial score (nSPS) is 11.3. The second kappa shape index (κ2) is 5.83. The van der Waals surface area contributed by atoms with Crippen molar-refractivity contribution in [3.05, 3.63) is 29.6 Å². The first-order valence-corrected chi connectivity index (χ1v) is 5.19. The van der Waals surface area contributed by atoms with Gasteiger partial charge in [0.05, 0.1) is 5.56 Å². The molecule has 1 amide bonds. The summed E-state index contributed by atoms with van der Waals surface area (Å²) in [6.07, 6.45) is 1.97. The number of nitrogens with two attached hydrogens (primary N) is 1. The standard InChI is InChI=1S/C11H16N4O2/c1-8-9(4-3-6-13-8)11(16)15(2)7-5-10(12)14-17/h3-4,6,17H,5,7H2,1-2H3,(H2,12,14). The van der Waals surface area contributed by atoms with Gasteiger partial charge in [0, 0.05) is 31.9 Å². The van der Waals surface area contributed by atoms with Crippen molar-refractivity contribution >= 4 is 11.7 Å². The lowest BCUT2D eigenvalue weighted by molar-refractivity contribution is 0.0797. The van der Waals surface area contributed by atoms with E-state index in [0.29, 0.717) is 24.2 Å². The van der Waals surface area contributed by atoms with Crippen LogP contribution in [0.1, 0.15) is 22.5 Å². The first-order chi connectivity index (χ1) is 8.06. The monoisotopic (exact) mass is 236 g/mol. The van der Waals surface area contributed by atoms with Crippen molar-refractivity contribution < 1.29 is 10.0 Å². The van der Waals surface area contributed by atoms with E-state index in [2.05, 4.69) is 10.1 Å². The van der Waals surface area contributed by atoms with Crippen molar-refractivity contribution in [2.75, 3.05) is 13.6 Å². The Bertz CT molecular complexity index is 431. The van der Waals surface area contributed by atoms with Gasteiger partial charge in [0.25, 0.3) is 5.91 Å². The molecule has 0 radical (unpaired) electrons. The molecular formula is C11H16N4O2. The Kier molecular flexibility index (Phi) is 4.45. The Balaban J connectivity index is 2.68. The summed E-state index contributed by atoms with van der Waals surface area (Å²) in [5.74, 6) is -0.0195. The first-order valence-electron chi connectivity index (χ1n) is 5.19. The van der Waals surface area contributed by atoms with Crippen LogP contribution >= 0.6 is 0 Å². The van der Waals surface area contributed by atoms with E-state index in [0.717, 1.165) is 0 Å². The lowest BCUT2D eigenvalue weighted by atomic mass is 10.2. The molecule has 0 aliphatic rings. The lowest BCUT2D eigenvalue weighted by Crippen LogP contribution is -2.31. The summed E-state index contributed by atoms with van der Waals surface area (Å²) in [4.78, 5) is 17.6. The molecule has 0 saturated heterocycles. The second-order valence-electron chi connectivity index (χ2n) is 3.70. The maximum absolute atomic E-state index is 12.0. The van der Waals surface area contributed by atoms with Gasteiger partial charge in [-0.3, -0.25) is 9.78 Å². The molecule has 0 fully saturated rings. The fourth-order valence-electron chi connectivity index (χ4n) is 1.35. The summed E-state index contributed by atoms with van der Waals surface area (Å²) in [7, 11) is 1.67. The van der Waals surface area contributed by atoms with E-state index < -0.39 is 0 Å². The highest BCUT2D eigenvalue weighted by atomic mass is 16.4. The third-order valence-electron chi connectivity index (χ3n) is 2.42. The van der Waals surface area contributed by atoms with Crippen LogP contribution in [0, 0.1) is 6.92 Å². The highest BCUT2D eigenvalue weighted by molar-refractivity contribution is 5.95. The molecule has 0 bridgehead atoms. The van der Waals surface area contributed by atoms with Crippen LogP contribution in [0.4, 0.5) is 0 Å². The molecule has 1 rings (SSSR count). The van der Waals surface area contributed by atoms with Crippen LogP contribution in [0.15, 0.2) is 23.5 Å². The van der Waals surface area contributed by atoms with E-state index in [-0.39, 0.29) is 11.7 Å². The van der Waals surface area contributed by atoms with Crippen molar-refractivity contribution in [1.82, 2.24) is 9.88 Å². The van der Waals surface area contributed by atoms with Gasteiger partial charge >= 0.3 is 0 Å². The zero-order valence-electron chi connectivity index (χ0n) is 9.92. The van der Waals surface area contributed by atoms with Gasteiger partial charge < -0.3 is 15.8 Å². The molecule has 1 aromatic heterocycles. The summed E-state index contributed by atoms with van der Waals surface area (Å²) in [5, 5.41) is 11.3. The van der Waals surface area contributed by atoms with Gasteiger partial charge in [-0.2, -0.15) is 0 Å². The molecule has 0 aliphatic carbocycles. The van der Waals surface area contributed by atoms with Crippen molar-refractivity contribution in [1.29, 1.82) is 0 Å². The Labute approximate surface area is 99.7 Å². The van der Waals surface area contributed by atoms with Crippen molar-refractivity contribution in [3.8, 4) is 0 Å². The van der Waals surface area contributed by atoms with Crippen LogP contribution in [0.3, 0.4) is 0 Å². The van der Waals surface area contributed by atoms with Gasteiger partial charge in [-0.1, -0.05) is 5.16 Å². The molecule has 17 heavy (non-hydrogen) atoms. The molecule has 6 nitrogen and oxygen atoms in total. The Morgan fingerprint density at radius 3 is 2.94 bits per heavy atom. The van der Waals surface area contributed by atoms with Crippen molar-refractivity contribution in [2.45, 2.75) is 13.3 Å². The van der Waals surface area contributed by atoms with Crippen LogP contribution in [0.5, 0.6) is 0 Å². The van der Waals surface area contributed by atoms with Gasteiger partial charge in [0.15, 0.2) is 0 Å². The van der Waals surface area contributed by atoms with Gasteiger partial charge in [-0.05, 0) is 19.1 Å². The molecule has 1 aromatic rings. The summed E-state index contributed by atoms with van der Waals surface area (Å²) >= 11 is 0. The fraction of sp³-hybridized carbons (Fsp3) is 0.364. The summed E-state index contributed by atoms with van der Waals surface area (Å²) in [6, 6.07) is 3.45. The third-order valence-corrected chi connectivity index (χ3v) is 2.42. The van der Waals surface area contributed by atoms with E-state index in [1.54, 1.807) is 32.3 Å². The van der Waals surface area contributed by atoms with Gasteiger partial charge in [0.1, 0.15) is 5.84 Å². The highest BCUT2D eigenvalue weighted by Crippen LogP contribution is 2.07. The van der Waals surface area contributed by atoms with Crippen LogP contribution in [0.2, 0.25) is 0 Å². The first kappa shape index (κ1) is 13.0. The maximum atomic E-state index is 12.0. The van der Waals surface area contributed by atoms with E-state index in [4.69, 9.17) is 10.9 Å². The number of amidine groups is 1. The minimum absolute atomic E-state index is 0.104. The number of carbonyl (C=O) groups is 1. The highest BCUT2D eigenvalue weighted by Gasteiger charge is 2.14. The number of nitrogens with zero attached hydrogens (tertiary/aromatic N) is 3. The second-order valence-corrected chi connectivity index (χ2v) is 3.70. The van der Waals surface area contributed by atoms with E-state index in [1.165, 1.54) is 4.90 Å². The number of aryl methyl sites for hydroxylation is 1. The third kappa shape index (κ3) is 3.44. The predicted octanol–water partition coefficient (Wildman–Crippen LogP) is 0.599. The maximum Gasteiger partial charge on any atom is 0.255 e. The van der Waals surface area contributed by atoms with Gasteiger partial charge in [-0.15, -0.1) is 0 Å². The molecule has 0 aliphatic heterocycles. The summed E-state index contributed by atoms with van der Waals surface area (Å²) in [5.41, 5.74) is 6.59. The molecule has 92 valence electrons. The Morgan fingerprint density at radius 2 is 2.35 bits per heavy atom. The quantitative estimate of drug-likeness (QED) is 0.346. The zero-order valence-corrected chi connectivity index (χ0v) is 9.92. The van der Waals surface area contributed by atoms with Crippen LogP contribution < -0.4 is 5.73 Å². The smallest absolute Gasteiger partial charge is 0.255 e. The number of hydrogen-bond acceptors (Lipinski definition) is 4. The predicted molar refractivity (Wildman–Crippen MR) is 64.0 cm³/mol. The number of oxime groups is 1. The minimum Gasteiger partial charge on any atom is -0.409 e. The summed E-state index contributed by atoms with van der Waals surface area (Å²) < 4.78 is 0. The van der Waals surface area contributed by atoms with Crippen LogP contribution in [-0.2, 0) is 0 Å². The van der Waals surface area contributed by atoms with Crippen LogP contribution in [-0.4, -0.2) is 40.4 Å². The van der Waals surface area contributed by atoms with Gasteiger partial charge in [-0.25, -0.2) is 0 Å². The Morgan fingerprint density at radius 1 is 1.65 bits per heavy atom. The molecular weight excluding hydrogens is 220 g/mol. The molecule has 0 atom stereocenters. The SMILES string of the molecule is Cc1ncccc1C(=O)N(C)CCC(N)=NO. The van der Waals surface area contributed by atoms with Crippen LogP contribution in [0.25, 0.3) is 0 Å². The molecule has 6 heteroatoms. The largest absolute Gasteiger partial charge is 0.409 e. The number of hydrogen-bond donors (Lipinski definition) is 2. The fourth-order valence-corrected chi connectivity index (χ4v) is 1.35. The molecule has 1 heterocycles. The van der Waals surface area contributed by atoms with Crippen molar-refractivity contribution in [3.63, 3.8) is 0 Å². The number of pyridine rings is 1. The minimum atomic E-state index is -0.124. The van der Waals surface area contributed by atoms with E-state index in [9.17, 15) is 4.79 Å². The average molecular weight is 236 g/mol. The number of carbonyl (C=O) groups excluding carboxylic acids is 1. The molecule has 0 saturated carbocycles. The number of rotatable bonds is 4. The summed E-state index contributed by atoms with van der Waals surface area (Å²) in [6.45, 7) is 2.17. The number of aromatic nitrogens is 1. The molecule has 0 unspecified atom stereocenters. The van der Waals surface area contributed by atoms with Crippen molar-refractivity contribution in [2.24, 2.45) is 10.9 Å². The number of amides is 1. The molecule has 0 spiro atoms. The molecule has 0 aromatic carbocycles. The van der Waals surface area contributed by atoms with E-state index in [1.807, 2.05) is 0 Å². The van der Waals surface area contributed by atoms with E-state index >= 15 is 0 Å². The van der Waals surface area contributed by atoms with Gasteiger partial charge in [0.2, 0.25) is 0 Å². The lowest BCUT2D eigenvalue weighted by Gasteiger charge is -2.17.